The van der Waals surface area contributed by atoms with Crippen molar-refractivity contribution in [2.75, 3.05) is 6.54 Å². The minimum atomic E-state index is 0.568. The Labute approximate surface area is 115 Å². The highest BCUT2D eigenvalue weighted by Crippen LogP contribution is 2.33. The smallest absolute Gasteiger partial charge is 0.0408 e. The SMILES string of the molecule is Clc1ccc2c(c1)CCC2NCCC1CCCC1. The Morgan fingerprint density at radius 3 is 2.83 bits per heavy atom. The van der Waals surface area contributed by atoms with Crippen LogP contribution in [-0.4, -0.2) is 6.54 Å². The largest absolute Gasteiger partial charge is 0.310 e. The molecule has 18 heavy (non-hydrogen) atoms. The van der Waals surface area contributed by atoms with Crippen molar-refractivity contribution in [1.82, 2.24) is 5.32 Å². The van der Waals surface area contributed by atoms with Gasteiger partial charge < -0.3 is 5.32 Å². The topological polar surface area (TPSA) is 12.0 Å². The van der Waals surface area contributed by atoms with Crippen molar-refractivity contribution >= 4 is 11.6 Å². The number of hydrogen-bond acceptors (Lipinski definition) is 1. The Hall–Kier alpha value is -0.530. The first-order valence-corrected chi connectivity index (χ1v) is 7.72. The fraction of sp³-hybridized carbons (Fsp3) is 0.625. The molecule has 98 valence electrons. The summed E-state index contributed by atoms with van der Waals surface area (Å²) in [5, 5.41) is 4.62. The third-order valence-corrected chi connectivity index (χ3v) is 4.84. The fourth-order valence-corrected chi connectivity index (χ4v) is 3.75. The minimum absolute atomic E-state index is 0.568. The van der Waals surface area contributed by atoms with Gasteiger partial charge in [-0.25, -0.2) is 0 Å². The van der Waals surface area contributed by atoms with E-state index in [1.54, 1.807) is 0 Å². The highest BCUT2D eigenvalue weighted by molar-refractivity contribution is 6.30. The van der Waals surface area contributed by atoms with Gasteiger partial charge in [0.15, 0.2) is 0 Å². The van der Waals surface area contributed by atoms with Gasteiger partial charge in [0.25, 0.3) is 0 Å². The molecule has 1 nitrogen and oxygen atoms in total. The lowest BCUT2D eigenvalue weighted by atomic mass is 10.0. The molecule has 0 amide bonds. The molecule has 1 atom stereocenters. The first-order valence-electron chi connectivity index (χ1n) is 7.34. The van der Waals surface area contributed by atoms with Gasteiger partial charge in [0.05, 0.1) is 0 Å². The normalized spacial score (nSPS) is 23.5. The van der Waals surface area contributed by atoms with Gasteiger partial charge in [-0.05, 0) is 55.0 Å². The van der Waals surface area contributed by atoms with Crippen molar-refractivity contribution in [3.63, 3.8) is 0 Å². The first kappa shape index (κ1) is 12.5. The highest BCUT2D eigenvalue weighted by atomic mass is 35.5. The van der Waals surface area contributed by atoms with E-state index in [4.69, 9.17) is 11.6 Å². The van der Waals surface area contributed by atoms with Crippen LogP contribution in [-0.2, 0) is 6.42 Å². The molecule has 1 fully saturated rings. The van der Waals surface area contributed by atoms with Gasteiger partial charge in [-0.1, -0.05) is 43.4 Å². The van der Waals surface area contributed by atoms with E-state index in [2.05, 4.69) is 17.4 Å². The Bertz CT molecular complexity index is 410. The van der Waals surface area contributed by atoms with E-state index >= 15 is 0 Å². The van der Waals surface area contributed by atoms with E-state index < -0.39 is 0 Å². The van der Waals surface area contributed by atoms with E-state index in [0.717, 1.165) is 10.9 Å². The average Bonchev–Trinajstić information content (AvgIpc) is 2.99. The molecule has 1 aromatic rings. The van der Waals surface area contributed by atoms with Gasteiger partial charge in [-0.15, -0.1) is 0 Å². The summed E-state index contributed by atoms with van der Waals surface area (Å²) in [7, 11) is 0. The zero-order valence-electron chi connectivity index (χ0n) is 10.9. The maximum Gasteiger partial charge on any atom is 0.0408 e. The van der Waals surface area contributed by atoms with E-state index in [-0.39, 0.29) is 0 Å². The van der Waals surface area contributed by atoms with Crippen LogP contribution in [0.3, 0.4) is 0 Å². The van der Waals surface area contributed by atoms with Crippen molar-refractivity contribution in [3.05, 3.63) is 34.3 Å². The molecule has 2 heteroatoms. The summed E-state index contributed by atoms with van der Waals surface area (Å²) in [6.07, 6.45) is 9.60. The van der Waals surface area contributed by atoms with Gasteiger partial charge in [0.1, 0.15) is 0 Å². The van der Waals surface area contributed by atoms with Crippen LogP contribution in [0.4, 0.5) is 0 Å². The van der Waals surface area contributed by atoms with Crippen molar-refractivity contribution in [1.29, 1.82) is 0 Å². The maximum absolute atomic E-state index is 6.04. The Kier molecular flexibility index (Phi) is 3.91. The summed E-state index contributed by atoms with van der Waals surface area (Å²) in [4.78, 5) is 0. The molecule has 0 saturated heterocycles. The predicted molar refractivity (Wildman–Crippen MR) is 77.1 cm³/mol. The maximum atomic E-state index is 6.04. The number of nitrogens with one attached hydrogen (secondary N) is 1. The van der Waals surface area contributed by atoms with Crippen LogP contribution in [0, 0.1) is 5.92 Å². The molecule has 1 N–H and O–H groups in total. The first-order chi connectivity index (χ1) is 8.83. The number of hydrogen-bond donors (Lipinski definition) is 1. The molecule has 0 aromatic heterocycles. The molecule has 1 saturated carbocycles. The Balaban J connectivity index is 1.53. The van der Waals surface area contributed by atoms with Crippen LogP contribution in [0.2, 0.25) is 5.02 Å². The van der Waals surface area contributed by atoms with Gasteiger partial charge in [-0.3, -0.25) is 0 Å². The molecule has 0 bridgehead atoms. The molecule has 2 aliphatic carbocycles. The van der Waals surface area contributed by atoms with Crippen molar-refractivity contribution in [3.8, 4) is 0 Å². The second-order valence-corrected chi connectivity index (χ2v) is 6.26. The third kappa shape index (κ3) is 2.73. The average molecular weight is 264 g/mol. The number of rotatable bonds is 4. The summed E-state index contributed by atoms with van der Waals surface area (Å²) >= 11 is 6.04. The van der Waals surface area contributed by atoms with Crippen LogP contribution in [0.5, 0.6) is 0 Å². The van der Waals surface area contributed by atoms with Crippen LogP contribution < -0.4 is 5.32 Å². The lowest BCUT2D eigenvalue weighted by Crippen LogP contribution is -2.21. The second-order valence-electron chi connectivity index (χ2n) is 5.83. The third-order valence-electron chi connectivity index (χ3n) is 4.60. The minimum Gasteiger partial charge on any atom is -0.310 e. The van der Waals surface area contributed by atoms with Crippen molar-refractivity contribution in [2.24, 2.45) is 5.92 Å². The lowest BCUT2D eigenvalue weighted by molar-refractivity contribution is 0.443. The number of halogens is 1. The Morgan fingerprint density at radius 1 is 1.17 bits per heavy atom. The van der Waals surface area contributed by atoms with Crippen LogP contribution in [0.15, 0.2) is 18.2 Å². The molecule has 1 aromatic carbocycles. The van der Waals surface area contributed by atoms with Gasteiger partial charge in [0, 0.05) is 11.1 Å². The van der Waals surface area contributed by atoms with E-state index in [9.17, 15) is 0 Å². The standard InChI is InChI=1S/C16H22ClN/c17-14-6-7-15-13(11-14)5-8-16(15)18-10-9-12-3-1-2-4-12/h6-7,11-12,16,18H,1-5,8-10H2. The van der Waals surface area contributed by atoms with Gasteiger partial charge >= 0.3 is 0 Å². The lowest BCUT2D eigenvalue weighted by Gasteiger charge is -2.16. The summed E-state index contributed by atoms with van der Waals surface area (Å²) in [6.45, 7) is 1.18. The molecule has 0 heterocycles. The van der Waals surface area contributed by atoms with Gasteiger partial charge in [0.2, 0.25) is 0 Å². The number of fused-ring (bicyclic) bond motifs is 1. The predicted octanol–water partition coefficient (Wildman–Crippen LogP) is 4.50. The monoisotopic (exact) mass is 263 g/mol. The van der Waals surface area contributed by atoms with Crippen molar-refractivity contribution in [2.45, 2.75) is 51.0 Å². The van der Waals surface area contributed by atoms with Crippen molar-refractivity contribution < 1.29 is 0 Å². The molecule has 1 unspecified atom stereocenters. The molecule has 0 spiro atoms. The van der Waals surface area contributed by atoms with Crippen LogP contribution in [0.25, 0.3) is 0 Å². The van der Waals surface area contributed by atoms with E-state index in [0.29, 0.717) is 6.04 Å². The molecule has 0 radical (unpaired) electrons. The summed E-state index contributed by atoms with van der Waals surface area (Å²) in [5.41, 5.74) is 2.92. The van der Waals surface area contributed by atoms with Gasteiger partial charge in [-0.2, -0.15) is 0 Å². The molecular weight excluding hydrogens is 242 g/mol. The molecule has 0 aliphatic heterocycles. The number of aryl methyl sites for hydroxylation is 1. The summed E-state index contributed by atoms with van der Waals surface area (Å²) in [5.74, 6) is 0.989. The van der Waals surface area contributed by atoms with E-state index in [1.165, 1.54) is 62.6 Å². The van der Waals surface area contributed by atoms with E-state index in [1.807, 2.05) is 6.07 Å². The summed E-state index contributed by atoms with van der Waals surface area (Å²) in [6, 6.07) is 6.93. The molecule has 3 rings (SSSR count). The Morgan fingerprint density at radius 2 is 2.00 bits per heavy atom. The fourth-order valence-electron chi connectivity index (χ4n) is 3.56. The molecular formula is C16H22ClN. The number of benzene rings is 1. The summed E-state index contributed by atoms with van der Waals surface area (Å²) < 4.78 is 0. The quantitative estimate of drug-likeness (QED) is 0.844. The molecule has 2 aliphatic rings. The highest BCUT2D eigenvalue weighted by Gasteiger charge is 2.22. The zero-order valence-corrected chi connectivity index (χ0v) is 11.7. The second kappa shape index (κ2) is 5.63. The van der Waals surface area contributed by atoms with Crippen LogP contribution in [0.1, 0.15) is 55.7 Å². The van der Waals surface area contributed by atoms with Crippen LogP contribution >= 0.6 is 11.6 Å². The zero-order chi connectivity index (χ0) is 12.4.